The lowest BCUT2D eigenvalue weighted by Gasteiger charge is -2.03. The molecule has 7 heteroatoms. The van der Waals surface area contributed by atoms with Gasteiger partial charge in [0, 0.05) is 34.1 Å². The van der Waals surface area contributed by atoms with Gasteiger partial charge in [-0.05, 0) is 31.2 Å². The normalized spacial score (nSPS) is 10.7. The fraction of sp³-hybridized carbons (Fsp3) is 0.158. The van der Waals surface area contributed by atoms with Crippen LogP contribution < -0.4 is 5.32 Å². The quantitative estimate of drug-likeness (QED) is 0.564. The summed E-state index contributed by atoms with van der Waals surface area (Å²) in [5.74, 6) is -0.812. The molecule has 0 atom stereocenters. The molecule has 0 aliphatic heterocycles. The number of rotatable bonds is 6. The van der Waals surface area contributed by atoms with E-state index < -0.39 is 11.6 Å². The average molecular weight is 390 g/mol. The van der Waals surface area contributed by atoms with Crippen LogP contribution in [-0.4, -0.2) is 16.6 Å². The first-order chi connectivity index (χ1) is 12.5. The van der Waals surface area contributed by atoms with E-state index >= 15 is 0 Å². The number of thiazole rings is 1. The lowest BCUT2D eigenvalue weighted by Crippen LogP contribution is -2.11. The summed E-state index contributed by atoms with van der Waals surface area (Å²) in [5.41, 5.74) is 1.78. The van der Waals surface area contributed by atoms with Crippen LogP contribution in [0.1, 0.15) is 12.0 Å². The van der Waals surface area contributed by atoms with E-state index in [2.05, 4.69) is 10.3 Å². The van der Waals surface area contributed by atoms with E-state index in [9.17, 15) is 13.6 Å². The summed E-state index contributed by atoms with van der Waals surface area (Å²) in [7, 11) is 0. The van der Waals surface area contributed by atoms with Gasteiger partial charge < -0.3 is 5.32 Å². The number of hydrogen-bond acceptors (Lipinski definition) is 4. The van der Waals surface area contributed by atoms with Gasteiger partial charge in [0.25, 0.3) is 0 Å². The molecule has 0 radical (unpaired) electrons. The van der Waals surface area contributed by atoms with Gasteiger partial charge in [0.15, 0.2) is 5.13 Å². The lowest BCUT2D eigenvalue weighted by molar-refractivity contribution is -0.115. The first-order valence-electron chi connectivity index (χ1n) is 7.91. The minimum atomic E-state index is -0.678. The second-order valence-electron chi connectivity index (χ2n) is 5.62. The van der Waals surface area contributed by atoms with Crippen LogP contribution in [0, 0.1) is 18.6 Å². The van der Waals surface area contributed by atoms with E-state index in [1.54, 1.807) is 17.1 Å². The summed E-state index contributed by atoms with van der Waals surface area (Å²) in [6, 6.07) is 11.5. The Hall–Kier alpha value is -2.25. The topological polar surface area (TPSA) is 42.0 Å². The maximum Gasteiger partial charge on any atom is 0.226 e. The number of anilines is 1. The van der Waals surface area contributed by atoms with Gasteiger partial charge in [-0.3, -0.25) is 4.79 Å². The number of amides is 1. The number of carbonyl (C=O) groups excluding carboxylic acids is 1. The third-order valence-electron chi connectivity index (χ3n) is 3.58. The van der Waals surface area contributed by atoms with Crippen molar-refractivity contribution < 1.29 is 13.6 Å². The van der Waals surface area contributed by atoms with Crippen LogP contribution in [0.25, 0.3) is 11.3 Å². The Bertz CT molecular complexity index is 910. The van der Waals surface area contributed by atoms with Crippen LogP contribution in [0.5, 0.6) is 0 Å². The molecular weight excluding hydrogens is 374 g/mol. The number of aryl methyl sites for hydroxylation is 1. The molecule has 3 rings (SSSR count). The average Bonchev–Trinajstić information content (AvgIpc) is 3.04. The summed E-state index contributed by atoms with van der Waals surface area (Å²) in [6.45, 7) is 2.03. The molecule has 2 aromatic carbocycles. The van der Waals surface area contributed by atoms with E-state index in [1.165, 1.54) is 29.0 Å². The number of nitrogens with one attached hydrogen (secondary N) is 1. The fourth-order valence-corrected chi connectivity index (χ4v) is 3.81. The van der Waals surface area contributed by atoms with Crippen molar-refractivity contribution in [1.82, 2.24) is 4.98 Å². The highest BCUT2D eigenvalue weighted by Crippen LogP contribution is 2.27. The summed E-state index contributed by atoms with van der Waals surface area (Å²) in [5, 5.41) is 4.75. The van der Waals surface area contributed by atoms with Gasteiger partial charge in [0.2, 0.25) is 5.91 Å². The second kappa shape index (κ2) is 8.42. The summed E-state index contributed by atoms with van der Waals surface area (Å²) in [6.07, 6.45) is 0.346. The molecule has 0 unspecified atom stereocenters. The molecule has 0 spiro atoms. The van der Waals surface area contributed by atoms with Crippen molar-refractivity contribution in [2.24, 2.45) is 0 Å². The molecule has 1 aromatic heterocycles. The van der Waals surface area contributed by atoms with Gasteiger partial charge in [0.05, 0.1) is 5.69 Å². The monoisotopic (exact) mass is 390 g/mol. The highest BCUT2D eigenvalue weighted by molar-refractivity contribution is 7.99. The molecule has 0 aliphatic carbocycles. The molecule has 1 N–H and O–H groups in total. The van der Waals surface area contributed by atoms with Crippen LogP contribution in [0.15, 0.2) is 52.7 Å². The molecular formula is C19H16F2N2OS2. The third kappa shape index (κ3) is 4.89. The van der Waals surface area contributed by atoms with Crippen molar-refractivity contribution in [2.45, 2.75) is 18.2 Å². The van der Waals surface area contributed by atoms with Crippen molar-refractivity contribution in [3.05, 3.63) is 65.0 Å². The van der Waals surface area contributed by atoms with Crippen molar-refractivity contribution in [1.29, 1.82) is 0 Å². The van der Waals surface area contributed by atoms with Crippen molar-refractivity contribution in [2.75, 3.05) is 11.1 Å². The van der Waals surface area contributed by atoms with Crippen molar-refractivity contribution in [3.8, 4) is 11.3 Å². The summed E-state index contributed by atoms with van der Waals surface area (Å²) < 4.78 is 26.8. The zero-order valence-corrected chi connectivity index (χ0v) is 15.6. The Morgan fingerprint density at radius 3 is 2.69 bits per heavy atom. The van der Waals surface area contributed by atoms with E-state index in [0.29, 0.717) is 23.0 Å². The standard InChI is InChI=1S/C19H16F2N2OS2/c1-12-2-5-14(6-3-12)25-9-8-18(24)23-19-22-17(11-26-19)15-7-4-13(20)10-16(15)21/h2-7,10-11H,8-9H2,1H3,(H,22,23,24). The first-order valence-corrected chi connectivity index (χ1v) is 9.78. The van der Waals surface area contributed by atoms with Crippen LogP contribution in [-0.2, 0) is 4.79 Å². The molecule has 0 saturated carbocycles. The largest absolute Gasteiger partial charge is 0.302 e. The Morgan fingerprint density at radius 2 is 1.96 bits per heavy atom. The van der Waals surface area contributed by atoms with Crippen molar-refractivity contribution >= 4 is 34.1 Å². The SMILES string of the molecule is Cc1ccc(SCCC(=O)Nc2nc(-c3ccc(F)cc3F)cs2)cc1. The van der Waals surface area contributed by atoms with Crippen molar-refractivity contribution in [3.63, 3.8) is 0 Å². The Kier molecular flexibility index (Phi) is 6.00. The van der Waals surface area contributed by atoms with E-state index in [1.807, 2.05) is 31.2 Å². The zero-order valence-electron chi connectivity index (χ0n) is 14.0. The number of hydrogen-bond donors (Lipinski definition) is 1. The van der Waals surface area contributed by atoms with Crippen LogP contribution in [0.2, 0.25) is 0 Å². The number of halogens is 2. The van der Waals surface area contributed by atoms with Gasteiger partial charge >= 0.3 is 0 Å². The lowest BCUT2D eigenvalue weighted by atomic mass is 10.1. The first kappa shape index (κ1) is 18.5. The molecule has 134 valence electrons. The van der Waals surface area contributed by atoms with Gasteiger partial charge in [-0.25, -0.2) is 13.8 Å². The number of nitrogens with zero attached hydrogens (tertiary/aromatic N) is 1. The number of aromatic nitrogens is 1. The maximum absolute atomic E-state index is 13.8. The third-order valence-corrected chi connectivity index (χ3v) is 5.35. The van der Waals surface area contributed by atoms with Gasteiger partial charge in [-0.15, -0.1) is 23.1 Å². The molecule has 3 aromatic rings. The highest BCUT2D eigenvalue weighted by Gasteiger charge is 2.12. The molecule has 0 bridgehead atoms. The zero-order chi connectivity index (χ0) is 18.5. The predicted octanol–water partition coefficient (Wildman–Crippen LogP) is 5.52. The molecule has 0 aliphatic rings. The molecule has 1 amide bonds. The van der Waals surface area contributed by atoms with E-state index in [4.69, 9.17) is 0 Å². The Balaban J connectivity index is 1.53. The van der Waals surface area contributed by atoms with Gasteiger partial charge in [-0.1, -0.05) is 17.7 Å². The summed E-state index contributed by atoms with van der Waals surface area (Å²) >= 11 is 2.82. The highest BCUT2D eigenvalue weighted by atomic mass is 32.2. The maximum atomic E-state index is 13.8. The summed E-state index contributed by atoms with van der Waals surface area (Å²) in [4.78, 5) is 17.4. The molecule has 0 saturated heterocycles. The smallest absolute Gasteiger partial charge is 0.226 e. The van der Waals surface area contributed by atoms with E-state index in [0.717, 1.165) is 11.0 Å². The molecule has 3 nitrogen and oxygen atoms in total. The van der Waals surface area contributed by atoms with Crippen LogP contribution >= 0.6 is 23.1 Å². The molecule has 1 heterocycles. The number of carbonyl (C=O) groups is 1. The minimum Gasteiger partial charge on any atom is -0.302 e. The van der Waals surface area contributed by atoms with Crippen LogP contribution in [0.3, 0.4) is 0 Å². The van der Waals surface area contributed by atoms with E-state index in [-0.39, 0.29) is 11.5 Å². The minimum absolute atomic E-state index is 0.148. The van der Waals surface area contributed by atoms with Gasteiger partial charge in [0.1, 0.15) is 11.6 Å². The predicted molar refractivity (Wildman–Crippen MR) is 103 cm³/mol. The number of thioether (sulfide) groups is 1. The number of benzene rings is 2. The van der Waals surface area contributed by atoms with Crippen LogP contribution in [0.4, 0.5) is 13.9 Å². The Labute approximate surface area is 158 Å². The molecule has 0 fully saturated rings. The van der Waals surface area contributed by atoms with Gasteiger partial charge in [-0.2, -0.15) is 0 Å². The Morgan fingerprint density at radius 1 is 1.19 bits per heavy atom. The second-order valence-corrected chi connectivity index (χ2v) is 7.65. The molecule has 26 heavy (non-hydrogen) atoms. The fourth-order valence-electron chi connectivity index (χ4n) is 2.23.